The summed E-state index contributed by atoms with van der Waals surface area (Å²) in [6.07, 6.45) is 3.12. The van der Waals surface area contributed by atoms with Crippen LogP contribution in [0.1, 0.15) is 121 Å². The minimum Gasteiger partial charge on any atom is -0.370 e. The summed E-state index contributed by atoms with van der Waals surface area (Å²) in [5, 5.41) is 21.1. The van der Waals surface area contributed by atoms with Gasteiger partial charge in [0.2, 0.25) is 76.8 Å². The van der Waals surface area contributed by atoms with Crippen molar-refractivity contribution in [2.45, 2.75) is 183 Å². The molecule has 13 amide bonds. The lowest BCUT2D eigenvalue weighted by molar-refractivity contribution is -0.144. The van der Waals surface area contributed by atoms with Gasteiger partial charge in [0.25, 0.3) is 0 Å². The third-order valence-corrected chi connectivity index (χ3v) is 16.7. The van der Waals surface area contributed by atoms with E-state index in [1.165, 1.54) is 21.6 Å². The van der Waals surface area contributed by atoms with E-state index in [9.17, 15) is 62.3 Å². The Hall–Kier alpha value is -8.91. The Balaban J connectivity index is 1.56. The number of primary amides is 3. The summed E-state index contributed by atoms with van der Waals surface area (Å²) < 4.78 is 0. The first-order chi connectivity index (χ1) is 45.2. The van der Waals surface area contributed by atoms with Crippen molar-refractivity contribution in [2.24, 2.45) is 51.0 Å². The zero-order chi connectivity index (χ0) is 70.1. The fourth-order valence-corrected chi connectivity index (χ4v) is 11.5. The van der Waals surface area contributed by atoms with E-state index < -0.39 is 169 Å². The SMILES string of the molecule is CSCC[C@H](NC(=O)[C@@H](CC(C)C)NC(=O)CNC(=O)[C@@H](Cc1ccccc1)NC(=O)[C@H](Cc1ccccc1)NC(=O)[C@@H](CCC(N)=O)NC(=O)[C@@H](CCC(N)=O)NC(=O)[C@@H]1CCCN1C(=O)[C@@H](CCCCN)NC(=O)[C@@H]1CCCN1C(=O)[C@H](N)CCCN=C(N)N)C(N)=O. The second-order valence-corrected chi connectivity index (χ2v) is 25.1. The van der Waals surface area contributed by atoms with Crippen LogP contribution in [-0.2, 0) is 75.2 Å². The Kier molecular flexibility index (Phi) is 33.9. The molecule has 22 N–H and O–H groups in total. The molecule has 2 heterocycles. The molecule has 0 aliphatic carbocycles. The van der Waals surface area contributed by atoms with Gasteiger partial charge >= 0.3 is 0 Å². The highest BCUT2D eigenvalue weighted by atomic mass is 32.2. The third kappa shape index (κ3) is 27.5. The highest BCUT2D eigenvalue weighted by Crippen LogP contribution is 2.24. The molecule has 2 aliphatic heterocycles. The van der Waals surface area contributed by atoms with Crippen LogP contribution in [0.25, 0.3) is 0 Å². The summed E-state index contributed by atoms with van der Waals surface area (Å²) in [6.45, 7) is 3.86. The van der Waals surface area contributed by atoms with Crippen LogP contribution < -0.4 is 82.7 Å². The maximum atomic E-state index is 14.7. The molecule has 0 unspecified atom stereocenters. The molecule has 2 aromatic carbocycles. The van der Waals surface area contributed by atoms with E-state index >= 15 is 0 Å². The molecule has 2 aliphatic rings. The van der Waals surface area contributed by atoms with Crippen LogP contribution in [0.15, 0.2) is 65.7 Å². The van der Waals surface area contributed by atoms with Gasteiger partial charge in [-0.15, -0.1) is 0 Å². The van der Waals surface area contributed by atoms with Gasteiger partial charge in [-0.25, -0.2) is 0 Å². The van der Waals surface area contributed by atoms with Gasteiger partial charge in [-0.05, 0) is 119 Å². The number of thioether (sulfide) groups is 1. The molecule has 0 aromatic heterocycles. The number of hydrogen-bond acceptors (Lipinski definition) is 17. The van der Waals surface area contributed by atoms with E-state index in [0.717, 1.165) is 0 Å². The molecular weight excluding hydrogens is 1250 g/mol. The van der Waals surface area contributed by atoms with Crippen LogP contribution in [0, 0.1) is 5.92 Å². The Bertz CT molecular complexity index is 2960. The number of rotatable bonds is 42. The van der Waals surface area contributed by atoms with Crippen molar-refractivity contribution in [3.05, 3.63) is 71.8 Å². The number of carbonyl (C=O) groups excluding carboxylic acids is 13. The first kappa shape index (κ1) is 78.5. The molecule has 32 heteroatoms. The number of amides is 13. The number of benzene rings is 2. The molecule has 0 spiro atoms. The number of nitrogens with zero attached hydrogens (tertiary/aromatic N) is 3. The van der Waals surface area contributed by atoms with Crippen molar-refractivity contribution in [3.63, 3.8) is 0 Å². The molecule has 0 saturated carbocycles. The number of nitrogens with one attached hydrogen (secondary N) is 8. The van der Waals surface area contributed by atoms with Gasteiger partial charge < -0.3 is 92.5 Å². The largest absolute Gasteiger partial charge is 0.370 e. The smallest absolute Gasteiger partial charge is 0.245 e. The number of likely N-dealkylation sites (tertiary alicyclic amines) is 2. The Labute approximate surface area is 558 Å². The summed E-state index contributed by atoms with van der Waals surface area (Å²) in [5.41, 5.74) is 40.6. The van der Waals surface area contributed by atoms with E-state index in [0.29, 0.717) is 55.4 Å². The number of carbonyl (C=O) groups is 13. The van der Waals surface area contributed by atoms with Gasteiger partial charge in [-0.1, -0.05) is 74.5 Å². The molecule has 524 valence electrons. The van der Waals surface area contributed by atoms with E-state index in [-0.39, 0.29) is 83.0 Å². The molecule has 10 atom stereocenters. The highest BCUT2D eigenvalue weighted by molar-refractivity contribution is 7.98. The van der Waals surface area contributed by atoms with E-state index in [2.05, 4.69) is 47.5 Å². The summed E-state index contributed by atoms with van der Waals surface area (Å²) in [5.74, 6) is -9.80. The lowest BCUT2D eigenvalue weighted by Gasteiger charge is -2.32. The molecule has 2 aromatic rings. The minimum atomic E-state index is -1.64. The van der Waals surface area contributed by atoms with Crippen molar-refractivity contribution < 1.29 is 62.3 Å². The van der Waals surface area contributed by atoms with Gasteiger partial charge in [0.05, 0.1) is 12.6 Å². The standard InChI is InChI=1S/C63H98N18O13S/c1-37(2)33-45(57(89)74-41(53(68)85)27-32-95-3)73-52(84)36-72-54(86)46(34-38-15-6-4-7-16-38)78-58(90)47(35-39-17-8-5-9-18-39)79-56(88)42(23-25-50(66)82)75-55(87)43(24-26-51(67)83)76-59(91)49-22-14-31-81(49)62(94)44(20-10-11-28-64)77-60(92)48-21-13-30-80(48)61(93)40(65)19-12-29-71-63(69)70/h4-9,15-18,37,40-49H,10-14,19-36,64-65H2,1-3H3,(H2,66,82)(H2,67,83)(H2,68,85)(H,72,86)(H,73,84)(H,74,89)(H,75,87)(H,76,91)(H,77,92)(H,78,90)(H,79,88)(H4,69,70,71)/t40-,41+,42-,43-,44-,45-,46-,47+,48+,49+/m1/s1. The predicted molar refractivity (Wildman–Crippen MR) is 356 cm³/mol. The molecule has 95 heavy (non-hydrogen) atoms. The number of nitrogens with two attached hydrogens (primary N) is 7. The first-order valence-electron chi connectivity index (χ1n) is 32.2. The first-order valence-corrected chi connectivity index (χ1v) is 33.6. The minimum absolute atomic E-state index is 0.0736. The number of unbranched alkanes of at least 4 members (excludes halogenated alkanes) is 1. The number of guanidine groups is 1. The van der Waals surface area contributed by atoms with Crippen LogP contribution in [-0.4, -0.2) is 198 Å². The van der Waals surface area contributed by atoms with Gasteiger partial charge in [-0.3, -0.25) is 67.3 Å². The second-order valence-electron chi connectivity index (χ2n) is 24.1. The van der Waals surface area contributed by atoms with Gasteiger partial charge in [0.1, 0.15) is 54.4 Å². The summed E-state index contributed by atoms with van der Waals surface area (Å²) >= 11 is 1.45. The maximum Gasteiger partial charge on any atom is 0.245 e. The van der Waals surface area contributed by atoms with E-state index in [4.69, 9.17) is 40.1 Å². The fraction of sp³-hybridized carbons (Fsp3) is 0.587. The molecule has 4 rings (SSSR count). The normalized spacial score (nSPS) is 16.8. The van der Waals surface area contributed by atoms with E-state index in [1.807, 2.05) is 20.1 Å². The highest BCUT2D eigenvalue weighted by Gasteiger charge is 2.42. The van der Waals surface area contributed by atoms with Crippen molar-refractivity contribution in [2.75, 3.05) is 44.7 Å². The maximum absolute atomic E-state index is 14.7. The van der Waals surface area contributed by atoms with Crippen LogP contribution >= 0.6 is 11.8 Å². The molecule has 0 bridgehead atoms. The van der Waals surface area contributed by atoms with Crippen LogP contribution in [0.3, 0.4) is 0 Å². The van der Waals surface area contributed by atoms with Gasteiger partial charge in [-0.2, -0.15) is 11.8 Å². The number of aliphatic imine (C=N–C) groups is 1. The van der Waals surface area contributed by atoms with Crippen molar-refractivity contribution in [1.82, 2.24) is 52.3 Å². The molecular formula is C63H98N18O13S. The quantitative estimate of drug-likeness (QED) is 0.0173. The van der Waals surface area contributed by atoms with Crippen LogP contribution in [0.2, 0.25) is 0 Å². The zero-order valence-electron chi connectivity index (χ0n) is 54.5. The lowest BCUT2D eigenvalue weighted by atomic mass is 10.0. The third-order valence-electron chi connectivity index (χ3n) is 16.0. The predicted octanol–water partition coefficient (Wildman–Crippen LogP) is -3.71. The fourth-order valence-electron chi connectivity index (χ4n) is 11.0. The lowest BCUT2D eigenvalue weighted by Crippen LogP contribution is -2.60. The average molecular weight is 1350 g/mol. The molecule has 31 nitrogen and oxygen atoms in total. The second kappa shape index (κ2) is 41.0. The van der Waals surface area contributed by atoms with Gasteiger partial charge in [0, 0.05) is 45.3 Å². The Morgan fingerprint density at radius 2 is 1.01 bits per heavy atom. The molecule has 2 saturated heterocycles. The average Bonchev–Trinajstić information content (AvgIpc) is 1.74. The molecule has 0 radical (unpaired) electrons. The number of hydrogen-bond donors (Lipinski definition) is 15. The summed E-state index contributed by atoms with van der Waals surface area (Å²) in [6, 6.07) is 4.51. The van der Waals surface area contributed by atoms with Crippen molar-refractivity contribution in [3.8, 4) is 0 Å². The zero-order valence-corrected chi connectivity index (χ0v) is 55.3. The van der Waals surface area contributed by atoms with Gasteiger partial charge in [0.15, 0.2) is 5.96 Å². The topological polar surface area (TPSA) is 519 Å². The monoisotopic (exact) mass is 1350 g/mol. The summed E-state index contributed by atoms with van der Waals surface area (Å²) in [4.78, 5) is 185. The van der Waals surface area contributed by atoms with Crippen molar-refractivity contribution in [1.29, 1.82) is 0 Å². The Morgan fingerprint density at radius 3 is 1.51 bits per heavy atom. The van der Waals surface area contributed by atoms with Crippen molar-refractivity contribution >= 4 is 94.5 Å². The van der Waals surface area contributed by atoms with E-state index in [1.54, 1.807) is 60.7 Å². The van der Waals surface area contributed by atoms with Crippen LogP contribution in [0.4, 0.5) is 0 Å². The summed E-state index contributed by atoms with van der Waals surface area (Å²) in [7, 11) is 0. The molecule has 2 fully saturated rings. The van der Waals surface area contributed by atoms with Crippen LogP contribution in [0.5, 0.6) is 0 Å². The Morgan fingerprint density at radius 1 is 0.537 bits per heavy atom.